The van der Waals surface area contributed by atoms with E-state index in [4.69, 9.17) is 9.84 Å². The number of aryl methyl sites for hydroxylation is 1. The molecule has 5 nitrogen and oxygen atoms in total. The molecule has 2 aromatic rings. The van der Waals surface area contributed by atoms with Crippen molar-refractivity contribution in [3.63, 3.8) is 0 Å². The maximum atomic E-state index is 11.1. The summed E-state index contributed by atoms with van der Waals surface area (Å²) in [6, 6.07) is 9.89. The van der Waals surface area contributed by atoms with Gasteiger partial charge in [-0.15, -0.1) is 0 Å². The molecule has 20 heavy (non-hydrogen) atoms. The van der Waals surface area contributed by atoms with Gasteiger partial charge in [0.25, 0.3) is 0 Å². The minimum atomic E-state index is -1.03. The minimum absolute atomic E-state index is 0.133. The lowest BCUT2D eigenvalue weighted by atomic mass is 10.2. The smallest absolute Gasteiger partial charge is 0.335 e. The third-order valence-electron chi connectivity index (χ3n) is 2.82. The maximum absolute atomic E-state index is 11.1. The number of carboxylic acids is 1. The highest BCUT2D eigenvalue weighted by Crippen LogP contribution is 2.25. The summed E-state index contributed by atoms with van der Waals surface area (Å²) in [5.41, 5.74) is 1.39. The third-order valence-corrected chi connectivity index (χ3v) is 2.82. The number of aliphatic hydroxyl groups excluding tert-OH is 1. The van der Waals surface area contributed by atoms with Crippen LogP contribution in [0.15, 0.2) is 36.4 Å². The number of carbonyl (C=O) groups is 1. The van der Waals surface area contributed by atoms with Crippen molar-refractivity contribution in [1.82, 2.24) is 4.98 Å². The van der Waals surface area contributed by atoms with Gasteiger partial charge in [-0.2, -0.15) is 0 Å². The molecule has 0 atom stereocenters. The molecule has 1 aromatic carbocycles. The van der Waals surface area contributed by atoms with Crippen LogP contribution >= 0.6 is 0 Å². The Kier molecular flexibility index (Phi) is 4.32. The zero-order valence-corrected chi connectivity index (χ0v) is 11.0. The van der Waals surface area contributed by atoms with Crippen molar-refractivity contribution in [2.24, 2.45) is 0 Å². The van der Waals surface area contributed by atoms with Crippen LogP contribution in [0.4, 0.5) is 0 Å². The molecule has 0 saturated carbocycles. The van der Waals surface area contributed by atoms with Crippen LogP contribution in [0.3, 0.4) is 0 Å². The Bertz CT molecular complexity index is 625. The number of pyridine rings is 1. The average Bonchev–Trinajstić information content (AvgIpc) is 2.47. The number of benzene rings is 1. The van der Waals surface area contributed by atoms with Crippen molar-refractivity contribution in [3.8, 4) is 11.6 Å². The highest BCUT2D eigenvalue weighted by Gasteiger charge is 2.10. The standard InChI is InChI=1S/C15H15NO4/c1-2-12-7-11(15(18)19)8-14(16-12)20-13-6-4-3-5-10(13)9-17/h3-8,17H,2,9H2,1H3,(H,18,19). The first-order valence-corrected chi connectivity index (χ1v) is 6.25. The van der Waals surface area contributed by atoms with Crippen LogP contribution in [0.5, 0.6) is 11.6 Å². The molecule has 0 unspecified atom stereocenters. The summed E-state index contributed by atoms with van der Waals surface area (Å²) in [4.78, 5) is 15.3. The van der Waals surface area contributed by atoms with Gasteiger partial charge in [0.15, 0.2) is 0 Å². The quantitative estimate of drug-likeness (QED) is 0.875. The van der Waals surface area contributed by atoms with Gasteiger partial charge in [-0.05, 0) is 18.6 Å². The van der Waals surface area contributed by atoms with Gasteiger partial charge in [-0.1, -0.05) is 25.1 Å². The molecule has 104 valence electrons. The molecular formula is C15H15NO4. The summed E-state index contributed by atoms with van der Waals surface area (Å²) in [6.45, 7) is 1.73. The van der Waals surface area contributed by atoms with Gasteiger partial charge in [0.2, 0.25) is 5.88 Å². The Morgan fingerprint density at radius 2 is 2.05 bits per heavy atom. The Balaban J connectivity index is 2.37. The molecule has 0 aliphatic heterocycles. The van der Waals surface area contributed by atoms with Crippen molar-refractivity contribution >= 4 is 5.97 Å². The molecule has 0 bridgehead atoms. The molecule has 5 heteroatoms. The number of aliphatic hydroxyl groups is 1. The van der Waals surface area contributed by atoms with E-state index in [0.717, 1.165) is 0 Å². The lowest BCUT2D eigenvalue weighted by Gasteiger charge is -2.10. The van der Waals surface area contributed by atoms with E-state index >= 15 is 0 Å². The second-order valence-electron chi connectivity index (χ2n) is 4.21. The largest absolute Gasteiger partial charge is 0.478 e. The number of hydrogen-bond donors (Lipinski definition) is 2. The van der Waals surface area contributed by atoms with Crippen LogP contribution in [0.2, 0.25) is 0 Å². The summed E-state index contributed by atoms with van der Waals surface area (Å²) < 4.78 is 5.60. The van der Waals surface area contributed by atoms with Crippen molar-refractivity contribution in [3.05, 3.63) is 53.2 Å². The van der Waals surface area contributed by atoms with E-state index in [9.17, 15) is 9.90 Å². The van der Waals surface area contributed by atoms with Crippen molar-refractivity contribution in [2.75, 3.05) is 0 Å². The van der Waals surface area contributed by atoms with Crippen LogP contribution in [0, 0.1) is 0 Å². The first kappa shape index (κ1) is 14.0. The molecule has 1 aromatic heterocycles. The summed E-state index contributed by atoms with van der Waals surface area (Å²) in [6.07, 6.45) is 0.610. The average molecular weight is 273 g/mol. The minimum Gasteiger partial charge on any atom is -0.478 e. The zero-order chi connectivity index (χ0) is 14.5. The van der Waals surface area contributed by atoms with Crippen LogP contribution in [0.25, 0.3) is 0 Å². The summed E-state index contributed by atoms with van der Waals surface area (Å²) >= 11 is 0. The van der Waals surface area contributed by atoms with Gasteiger partial charge in [0, 0.05) is 17.3 Å². The van der Waals surface area contributed by atoms with E-state index in [-0.39, 0.29) is 18.1 Å². The van der Waals surface area contributed by atoms with Gasteiger partial charge in [0.05, 0.1) is 12.2 Å². The molecule has 0 spiro atoms. The van der Waals surface area contributed by atoms with Crippen molar-refractivity contribution in [1.29, 1.82) is 0 Å². The third kappa shape index (κ3) is 3.13. The summed E-state index contributed by atoms with van der Waals surface area (Å²) in [7, 11) is 0. The van der Waals surface area contributed by atoms with E-state index in [1.807, 2.05) is 6.92 Å². The first-order chi connectivity index (χ1) is 9.63. The van der Waals surface area contributed by atoms with Gasteiger partial charge in [0.1, 0.15) is 5.75 Å². The van der Waals surface area contributed by atoms with E-state index in [0.29, 0.717) is 23.4 Å². The second kappa shape index (κ2) is 6.16. The predicted molar refractivity (Wildman–Crippen MR) is 73.0 cm³/mol. The molecule has 1 heterocycles. The number of aromatic nitrogens is 1. The SMILES string of the molecule is CCc1cc(C(=O)O)cc(Oc2ccccc2CO)n1. The monoisotopic (exact) mass is 273 g/mol. The van der Waals surface area contributed by atoms with Gasteiger partial charge in [-0.3, -0.25) is 0 Å². The van der Waals surface area contributed by atoms with Gasteiger partial charge >= 0.3 is 5.97 Å². The summed E-state index contributed by atoms with van der Waals surface area (Å²) in [5, 5.41) is 18.3. The molecule has 0 aliphatic carbocycles. The number of nitrogens with zero attached hydrogens (tertiary/aromatic N) is 1. The fourth-order valence-corrected chi connectivity index (χ4v) is 1.76. The maximum Gasteiger partial charge on any atom is 0.335 e. The van der Waals surface area contributed by atoms with E-state index in [1.165, 1.54) is 12.1 Å². The number of carboxylic acid groups (broad SMARTS) is 1. The Labute approximate surface area is 116 Å². The Morgan fingerprint density at radius 3 is 2.70 bits per heavy atom. The van der Waals surface area contributed by atoms with Crippen LogP contribution in [-0.4, -0.2) is 21.2 Å². The zero-order valence-electron chi connectivity index (χ0n) is 11.0. The van der Waals surface area contributed by atoms with E-state index < -0.39 is 5.97 Å². The first-order valence-electron chi connectivity index (χ1n) is 6.25. The summed E-state index contributed by atoms with van der Waals surface area (Å²) in [5.74, 6) is -0.350. The number of rotatable bonds is 5. The second-order valence-corrected chi connectivity index (χ2v) is 4.21. The number of ether oxygens (including phenoxy) is 1. The number of hydrogen-bond acceptors (Lipinski definition) is 4. The lowest BCUT2D eigenvalue weighted by molar-refractivity contribution is 0.0696. The number of para-hydroxylation sites is 1. The molecular weight excluding hydrogens is 258 g/mol. The molecule has 0 fully saturated rings. The number of aromatic carboxylic acids is 1. The van der Waals surface area contributed by atoms with E-state index in [1.54, 1.807) is 24.3 Å². The van der Waals surface area contributed by atoms with E-state index in [2.05, 4.69) is 4.98 Å². The Hall–Kier alpha value is -2.40. The molecule has 0 radical (unpaired) electrons. The van der Waals surface area contributed by atoms with Crippen molar-refractivity contribution in [2.45, 2.75) is 20.0 Å². The lowest BCUT2D eigenvalue weighted by Crippen LogP contribution is -2.02. The molecule has 2 rings (SSSR count). The van der Waals surface area contributed by atoms with Crippen LogP contribution in [-0.2, 0) is 13.0 Å². The highest BCUT2D eigenvalue weighted by molar-refractivity contribution is 5.88. The molecule has 0 aliphatic rings. The fourth-order valence-electron chi connectivity index (χ4n) is 1.76. The normalized spacial score (nSPS) is 10.3. The molecule has 2 N–H and O–H groups in total. The predicted octanol–water partition coefficient (Wildman–Crippen LogP) is 2.63. The topological polar surface area (TPSA) is 79.7 Å². The Morgan fingerprint density at radius 1 is 1.30 bits per heavy atom. The van der Waals surface area contributed by atoms with Crippen molar-refractivity contribution < 1.29 is 19.7 Å². The highest BCUT2D eigenvalue weighted by atomic mass is 16.5. The van der Waals surface area contributed by atoms with Crippen LogP contribution < -0.4 is 4.74 Å². The molecule has 0 amide bonds. The molecule has 0 saturated heterocycles. The fraction of sp³-hybridized carbons (Fsp3) is 0.200. The van der Waals surface area contributed by atoms with Crippen LogP contribution in [0.1, 0.15) is 28.5 Å². The van der Waals surface area contributed by atoms with Gasteiger partial charge < -0.3 is 14.9 Å². The van der Waals surface area contributed by atoms with Gasteiger partial charge in [-0.25, -0.2) is 9.78 Å².